The molecule has 0 bridgehead atoms. The van der Waals surface area contributed by atoms with Crippen LogP contribution in [-0.4, -0.2) is 30.4 Å². The summed E-state index contributed by atoms with van der Waals surface area (Å²) >= 11 is 1.65. The summed E-state index contributed by atoms with van der Waals surface area (Å²) in [6.45, 7) is 9.61. The van der Waals surface area contributed by atoms with Crippen molar-refractivity contribution in [1.82, 2.24) is 10.2 Å². The molecule has 1 N–H and O–H groups in total. The molecule has 4 heteroatoms. The van der Waals surface area contributed by atoms with Crippen LogP contribution in [0.2, 0.25) is 0 Å². The van der Waals surface area contributed by atoms with E-state index in [-0.39, 0.29) is 11.9 Å². The van der Waals surface area contributed by atoms with Crippen LogP contribution in [0.3, 0.4) is 0 Å². The van der Waals surface area contributed by atoms with E-state index in [4.69, 9.17) is 0 Å². The number of hydrogen-bond acceptors (Lipinski definition) is 3. The normalized spacial score (nSPS) is 17.8. The number of carbonyl (C=O) groups is 1. The highest BCUT2D eigenvalue weighted by atomic mass is 32.2. The van der Waals surface area contributed by atoms with Crippen LogP contribution in [0.25, 0.3) is 4.91 Å². The molecule has 0 aliphatic carbocycles. The summed E-state index contributed by atoms with van der Waals surface area (Å²) in [7, 11) is 2.02. The molecule has 1 aliphatic rings. The Labute approximate surface area is 143 Å². The molecule has 1 fully saturated rings. The number of nitrogens with zero attached hydrogens (tertiary/aromatic N) is 1. The highest BCUT2D eigenvalue weighted by molar-refractivity contribution is 8.10. The first-order valence-corrected chi connectivity index (χ1v) is 8.93. The molecule has 0 spiro atoms. The first-order chi connectivity index (χ1) is 11.0. The van der Waals surface area contributed by atoms with Gasteiger partial charge >= 0.3 is 0 Å². The Morgan fingerprint density at radius 2 is 2.09 bits per heavy atom. The lowest BCUT2D eigenvalue weighted by molar-refractivity contribution is -0.125. The third-order valence-corrected chi connectivity index (χ3v) is 5.21. The van der Waals surface area contributed by atoms with Gasteiger partial charge in [0.25, 0.3) is 0 Å². The Balaban J connectivity index is 1.96. The van der Waals surface area contributed by atoms with Gasteiger partial charge in [-0.2, -0.15) is 0 Å². The number of amides is 1. The fraction of sp³-hybridized carbons (Fsp3) is 0.421. The van der Waals surface area contributed by atoms with Crippen LogP contribution in [0.4, 0.5) is 0 Å². The van der Waals surface area contributed by atoms with Gasteiger partial charge in [-0.3, -0.25) is 9.69 Å². The zero-order chi connectivity index (χ0) is 16.8. The third kappa shape index (κ3) is 4.72. The van der Waals surface area contributed by atoms with Crippen molar-refractivity contribution in [3.8, 4) is 0 Å². The second kappa shape index (κ2) is 8.37. The van der Waals surface area contributed by atoms with E-state index in [9.17, 15) is 4.79 Å². The van der Waals surface area contributed by atoms with Crippen molar-refractivity contribution >= 4 is 22.6 Å². The highest BCUT2D eigenvalue weighted by Crippen LogP contribution is 2.31. The largest absolute Gasteiger partial charge is 0.351 e. The number of rotatable bonds is 6. The first kappa shape index (κ1) is 17.8. The lowest BCUT2D eigenvalue weighted by Gasteiger charge is -2.18. The number of likely N-dealkylation sites (N-methyl/N-ethyl adjacent to an activating group) is 1. The number of allylic oxidation sites excluding steroid dienone is 1. The molecule has 1 atom stereocenters. The van der Waals surface area contributed by atoms with Gasteiger partial charge in [0.05, 0.1) is 6.04 Å². The van der Waals surface area contributed by atoms with Gasteiger partial charge in [0.1, 0.15) is 0 Å². The molecular weight excluding hydrogens is 304 g/mol. The minimum atomic E-state index is 0.0375. The van der Waals surface area contributed by atoms with E-state index in [1.54, 1.807) is 11.8 Å². The topological polar surface area (TPSA) is 32.3 Å². The molecule has 0 aromatic heterocycles. The summed E-state index contributed by atoms with van der Waals surface area (Å²) in [5.41, 5.74) is 3.60. The van der Waals surface area contributed by atoms with Crippen LogP contribution in [0, 0.1) is 0 Å². The van der Waals surface area contributed by atoms with Crippen LogP contribution in [-0.2, 0) is 11.3 Å². The average molecular weight is 330 g/mol. The van der Waals surface area contributed by atoms with Gasteiger partial charge in [-0.05, 0) is 56.8 Å². The van der Waals surface area contributed by atoms with Gasteiger partial charge in [-0.15, -0.1) is 0 Å². The van der Waals surface area contributed by atoms with Crippen LogP contribution < -0.4 is 5.32 Å². The highest BCUT2D eigenvalue weighted by Gasteiger charge is 2.27. The average Bonchev–Trinajstić information content (AvgIpc) is 2.97. The molecule has 0 saturated carbocycles. The summed E-state index contributed by atoms with van der Waals surface area (Å²) in [4.78, 5) is 15.6. The van der Waals surface area contributed by atoms with E-state index in [1.807, 2.05) is 12.5 Å². The van der Waals surface area contributed by atoms with Crippen LogP contribution >= 0.6 is 11.8 Å². The number of carbonyl (C=O) groups excluding carboxylic acids is 1. The van der Waals surface area contributed by atoms with Crippen molar-refractivity contribution in [3.05, 3.63) is 53.0 Å². The second-order valence-corrected chi connectivity index (χ2v) is 7.14. The van der Waals surface area contributed by atoms with Crippen molar-refractivity contribution in [2.75, 3.05) is 13.6 Å². The van der Waals surface area contributed by atoms with Gasteiger partial charge in [-0.25, -0.2) is 0 Å². The van der Waals surface area contributed by atoms with E-state index in [0.29, 0.717) is 6.54 Å². The second-order valence-electron chi connectivity index (χ2n) is 6.17. The summed E-state index contributed by atoms with van der Waals surface area (Å²) < 4.78 is 0. The molecule has 23 heavy (non-hydrogen) atoms. The maximum absolute atomic E-state index is 12.2. The van der Waals surface area contributed by atoms with Gasteiger partial charge in [-0.1, -0.05) is 48.2 Å². The van der Waals surface area contributed by atoms with Crippen molar-refractivity contribution in [1.29, 1.82) is 0 Å². The Kier molecular flexibility index (Phi) is 6.48. The standard InChI is InChI=1S/C19H26N2OS/c1-5-23-18(14(2)3)16-10-8-15(9-11-16)13-20-19(22)17-7-6-12-21(17)4/h5,8-11,17H,1,6-7,12-13H2,2-4H3,(H,20,22). The summed E-state index contributed by atoms with van der Waals surface area (Å²) in [6.07, 6.45) is 2.07. The molecule has 1 aromatic rings. The molecule has 1 aromatic carbocycles. The molecule has 1 aliphatic heterocycles. The minimum Gasteiger partial charge on any atom is -0.351 e. The van der Waals surface area contributed by atoms with Crippen molar-refractivity contribution in [2.24, 2.45) is 0 Å². The zero-order valence-electron chi connectivity index (χ0n) is 14.3. The number of hydrogen-bond donors (Lipinski definition) is 1. The Bertz CT molecular complexity index is 588. The van der Waals surface area contributed by atoms with E-state index < -0.39 is 0 Å². The van der Waals surface area contributed by atoms with Crippen molar-refractivity contribution < 1.29 is 4.79 Å². The Morgan fingerprint density at radius 1 is 1.39 bits per heavy atom. The molecule has 0 radical (unpaired) electrons. The van der Waals surface area contributed by atoms with E-state index in [2.05, 4.69) is 54.9 Å². The molecule has 2 rings (SSSR count). The first-order valence-electron chi connectivity index (χ1n) is 8.05. The molecule has 1 unspecified atom stereocenters. The van der Waals surface area contributed by atoms with Crippen molar-refractivity contribution in [3.63, 3.8) is 0 Å². The predicted octanol–water partition coefficient (Wildman–Crippen LogP) is 4.02. The Hall–Kier alpha value is -1.52. The van der Waals surface area contributed by atoms with Crippen LogP contribution in [0.1, 0.15) is 37.8 Å². The monoisotopic (exact) mass is 330 g/mol. The van der Waals surface area contributed by atoms with Crippen LogP contribution in [0.5, 0.6) is 0 Å². The van der Waals surface area contributed by atoms with Gasteiger partial charge in [0.15, 0.2) is 0 Å². The number of likely N-dealkylation sites (tertiary alicyclic amines) is 1. The maximum atomic E-state index is 12.2. The molecule has 124 valence electrons. The molecular formula is C19H26N2OS. The number of benzene rings is 1. The summed E-state index contributed by atoms with van der Waals surface area (Å²) in [6, 6.07) is 8.43. The fourth-order valence-corrected chi connectivity index (χ4v) is 3.55. The number of nitrogens with one attached hydrogen (secondary N) is 1. The molecule has 1 saturated heterocycles. The van der Waals surface area contributed by atoms with Gasteiger partial charge in [0.2, 0.25) is 5.91 Å². The molecule has 1 amide bonds. The van der Waals surface area contributed by atoms with Gasteiger partial charge < -0.3 is 5.32 Å². The summed E-state index contributed by atoms with van der Waals surface area (Å²) in [5, 5.41) is 4.91. The number of thioether (sulfide) groups is 1. The molecule has 3 nitrogen and oxygen atoms in total. The quantitative estimate of drug-likeness (QED) is 0.855. The van der Waals surface area contributed by atoms with E-state index in [1.165, 1.54) is 16.0 Å². The zero-order valence-corrected chi connectivity index (χ0v) is 15.1. The van der Waals surface area contributed by atoms with Crippen LogP contribution in [0.15, 0.2) is 41.8 Å². The fourth-order valence-electron chi connectivity index (χ4n) is 2.88. The van der Waals surface area contributed by atoms with Crippen molar-refractivity contribution in [2.45, 2.75) is 39.3 Å². The maximum Gasteiger partial charge on any atom is 0.237 e. The summed E-state index contributed by atoms with van der Waals surface area (Å²) in [5.74, 6) is 0.140. The van der Waals surface area contributed by atoms with E-state index >= 15 is 0 Å². The SMILES string of the molecule is C=CSC(=C(C)C)c1ccc(CNC(=O)C2CCCN2C)cc1. The minimum absolute atomic E-state index is 0.0375. The lowest BCUT2D eigenvalue weighted by Crippen LogP contribution is -2.41. The van der Waals surface area contributed by atoms with E-state index in [0.717, 1.165) is 24.9 Å². The Morgan fingerprint density at radius 3 is 2.61 bits per heavy atom. The predicted molar refractivity (Wildman–Crippen MR) is 100.0 cm³/mol. The third-order valence-electron chi connectivity index (χ3n) is 4.16. The molecule has 1 heterocycles. The smallest absolute Gasteiger partial charge is 0.237 e. The lowest BCUT2D eigenvalue weighted by atomic mass is 10.1. The van der Waals surface area contributed by atoms with Gasteiger partial charge in [0, 0.05) is 11.4 Å².